The third-order valence-electron chi connectivity index (χ3n) is 5.45. The molecule has 0 radical (unpaired) electrons. The summed E-state index contributed by atoms with van der Waals surface area (Å²) in [6.07, 6.45) is 5.24. The molecule has 0 saturated carbocycles. The molecular weight excluding hydrogens is 472 g/mol. The average molecular weight is 499 g/mol. The molecular formula is C23H26N6O5S. The summed E-state index contributed by atoms with van der Waals surface area (Å²) in [6, 6.07) is 11.1. The molecule has 4 rings (SSSR count). The van der Waals surface area contributed by atoms with E-state index in [1.807, 2.05) is 24.3 Å². The van der Waals surface area contributed by atoms with Crippen molar-refractivity contribution < 1.29 is 24.2 Å². The second-order valence-electron chi connectivity index (χ2n) is 7.93. The van der Waals surface area contributed by atoms with Crippen molar-refractivity contribution in [2.75, 3.05) is 19.7 Å². The molecule has 0 atom stereocenters. The van der Waals surface area contributed by atoms with Crippen molar-refractivity contribution in [3.63, 3.8) is 0 Å². The second-order valence-corrected chi connectivity index (χ2v) is 9.19. The van der Waals surface area contributed by atoms with Crippen LogP contribution in [-0.2, 0) is 17.8 Å². The Morgan fingerprint density at radius 2 is 1.80 bits per heavy atom. The highest BCUT2D eigenvalue weighted by Crippen LogP contribution is 2.29. The Balaban J connectivity index is 1.18. The zero-order valence-corrected chi connectivity index (χ0v) is 19.8. The molecule has 0 spiro atoms. The minimum Gasteiger partial charge on any atom is -0.493 e. The number of hydrogen-bond donors (Lipinski definition) is 1. The molecule has 0 bridgehead atoms. The van der Waals surface area contributed by atoms with Gasteiger partial charge in [0.25, 0.3) is 0 Å². The molecule has 1 aliphatic heterocycles. The van der Waals surface area contributed by atoms with Crippen LogP contribution >= 0.6 is 11.8 Å². The van der Waals surface area contributed by atoms with Gasteiger partial charge in [-0.15, -0.1) is 5.10 Å². The third-order valence-corrected chi connectivity index (χ3v) is 6.75. The highest BCUT2D eigenvalue weighted by molar-refractivity contribution is 7.99. The lowest BCUT2D eigenvalue weighted by Crippen LogP contribution is -2.41. The van der Waals surface area contributed by atoms with E-state index >= 15 is 0 Å². The number of aryl methyl sites for hydroxylation is 1. The number of amides is 1. The number of tetrazole rings is 1. The van der Waals surface area contributed by atoms with Crippen LogP contribution in [0.15, 0.2) is 53.9 Å². The maximum absolute atomic E-state index is 12.6. The van der Waals surface area contributed by atoms with Gasteiger partial charge in [0.2, 0.25) is 5.16 Å². The van der Waals surface area contributed by atoms with Gasteiger partial charge in [-0.3, -0.25) is 9.78 Å². The summed E-state index contributed by atoms with van der Waals surface area (Å²) < 4.78 is 12.7. The number of benzene rings is 1. The molecule has 35 heavy (non-hydrogen) atoms. The number of carbonyl (C=O) groups excluding carboxylic acids is 1. The van der Waals surface area contributed by atoms with E-state index < -0.39 is 5.97 Å². The van der Waals surface area contributed by atoms with Crippen LogP contribution in [-0.4, -0.2) is 72.2 Å². The number of nitrogens with zero attached hydrogens (tertiary/aromatic N) is 6. The number of likely N-dealkylation sites (tertiary alicyclic amines) is 1. The van der Waals surface area contributed by atoms with Crippen LogP contribution in [0.25, 0.3) is 0 Å². The number of aromatic nitrogens is 5. The van der Waals surface area contributed by atoms with Crippen LogP contribution in [0.2, 0.25) is 0 Å². The predicted octanol–water partition coefficient (Wildman–Crippen LogP) is 2.92. The van der Waals surface area contributed by atoms with Gasteiger partial charge < -0.3 is 19.5 Å². The summed E-state index contributed by atoms with van der Waals surface area (Å²) in [7, 11) is 0. The molecule has 1 amide bonds. The van der Waals surface area contributed by atoms with Crippen LogP contribution in [0, 0.1) is 0 Å². The highest BCUT2D eigenvalue weighted by Gasteiger charge is 2.26. The first kappa shape index (κ1) is 24.5. The van der Waals surface area contributed by atoms with Gasteiger partial charge in [0.05, 0.1) is 19.6 Å². The number of pyridine rings is 1. The molecule has 1 aliphatic rings. The first-order valence-corrected chi connectivity index (χ1v) is 12.2. The molecule has 11 nitrogen and oxygen atoms in total. The molecule has 1 fully saturated rings. The smallest absolute Gasteiger partial charge is 0.415 e. The van der Waals surface area contributed by atoms with Crippen molar-refractivity contribution in [1.82, 2.24) is 30.1 Å². The fourth-order valence-electron chi connectivity index (χ4n) is 3.54. The van der Waals surface area contributed by atoms with E-state index in [0.717, 1.165) is 30.6 Å². The fraction of sp³-hybridized carbons (Fsp3) is 0.391. The largest absolute Gasteiger partial charge is 0.493 e. The minimum atomic E-state index is -0.895. The van der Waals surface area contributed by atoms with E-state index in [4.69, 9.17) is 14.6 Å². The number of piperidine rings is 1. The minimum absolute atomic E-state index is 0.0384. The average Bonchev–Trinajstić information content (AvgIpc) is 3.31. The topological polar surface area (TPSA) is 133 Å². The Kier molecular flexibility index (Phi) is 8.49. The molecule has 12 heteroatoms. The number of ether oxygens (including phenoxy) is 2. The second kappa shape index (κ2) is 12.2. The van der Waals surface area contributed by atoms with Crippen molar-refractivity contribution in [3.8, 4) is 11.5 Å². The van der Waals surface area contributed by atoms with Crippen molar-refractivity contribution in [1.29, 1.82) is 0 Å². The van der Waals surface area contributed by atoms with Crippen molar-refractivity contribution in [2.24, 2.45) is 0 Å². The lowest BCUT2D eigenvalue weighted by molar-refractivity contribution is -0.137. The van der Waals surface area contributed by atoms with E-state index in [0.29, 0.717) is 30.6 Å². The van der Waals surface area contributed by atoms with Gasteiger partial charge >= 0.3 is 12.1 Å². The Morgan fingerprint density at radius 3 is 2.51 bits per heavy atom. The van der Waals surface area contributed by atoms with E-state index in [1.54, 1.807) is 29.4 Å². The van der Waals surface area contributed by atoms with E-state index in [9.17, 15) is 9.59 Å². The number of carboxylic acid groups (broad SMARTS) is 1. The monoisotopic (exact) mass is 498 g/mol. The maximum atomic E-state index is 12.6. The summed E-state index contributed by atoms with van der Waals surface area (Å²) in [4.78, 5) is 29.0. The van der Waals surface area contributed by atoms with E-state index in [-0.39, 0.29) is 24.3 Å². The molecule has 1 saturated heterocycles. The van der Waals surface area contributed by atoms with Crippen molar-refractivity contribution in [3.05, 3.63) is 54.4 Å². The molecule has 2 aromatic heterocycles. The van der Waals surface area contributed by atoms with Gasteiger partial charge in [-0.1, -0.05) is 23.9 Å². The lowest BCUT2D eigenvalue weighted by Gasteiger charge is -2.30. The number of hydrogen-bond acceptors (Lipinski definition) is 9. The third kappa shape index (κ3) is 7.41. The van der Waals surface area contributed by atoms with Gasteiger partial charge in [0.1, 0.15) is 11.5 Å². The van der Waals surface area contributed by atoms with Gasteiger partial charge in [-0.25, -0.2) is 9.48 Å². The van der Waals surface area contributed by atoms with Gasteiger partial charge in [-0.05, 0) is 53.1 Å². The Labute approximate surface area is 206 Å². The Bertz CT molecular complexity index is 1100. The summed E-state index contributed by atoms with van der Waals surface area (Å²) >= 11 is 1.52. The van der Waals surface area contributed by atoms with Crippen LogP contribution in [0.4, 0.5) is 4.79 Å². The van der Waals surface area contributed by atoms with E-state index in [1.165, 1.54) is 16.4 Å². The zero-order valence-electron chi connectivity index (χ0n) is 19.0. The first-order valence-electron chi connectivity index (χ1n) is 11.3. The number of aliphatic carboxylic acids is 1. The lowest BCUT2D eigenvalue weighted by atomic mass is 10.1. The standard InChI is InChI=1S/C23H26N6O5S/c30-21(31)9-15-29-22(25-26-27-29)35-20-7-13-28(14-8-20)23(32)34-19-3-1-17(2-4-19)10-16-33-18-5-11-24-12-6-18/h1-6,11-12,20H,7-10,13-16H2,(H,30,31). The Morgan fingerprint density at radius 1 is 1.06 bits per heavy atom. The maximum Gasteiger partial charge on any atom is 0.415 e. The predicted molar refractivity (Wildman–Crippen MR) is 126 cm³/mol. The number of thioether (sulfide) groups is 1. The van der Waals surface area contributed by atoms with E-state index in [2.05, 4.69) is 20.5 Å². The first-order chi connectivity index (χ1) is 17.1. The number of carbonyl (C=O) groups is 2. The molecule has 0 unspecified atom stereocenters. The quantitative estimate of drug-likeness (QED) is 0.445. The molecule has 3 heterocycles. The summed E-state index contributed by atoms with van der Waals surface area (Å²) in [5.41, 5.74) is 1.09. The van der Waals surface area contributed by atoms with Crippen molar-refractivity contribution >= 4 is 23.8 Å². The fourth-order valence-corrected chi connectivity index (χ4v) is 4.62. The normalized spacial score (nSPS) is 14.0. The molecule has 0 aliphatic carbocycles. The summed E-state index contributed by atoms with van der Waals surface area (Å²) in [6.45, 7) is 1.91. The van der Waals surface area contributed by atoms with Crippen LogP contribution < -0.4 is 9.47 Å². The van der Waals surface area contributed by atoms with Crippen molar-refractivity contribution in [2.45, 2.75) is 42.6 Å². The molecule has 1 N–H and O–H groups in total. The number of rotatable bonds is 10. The molecule has 1 aromatic carbocycles. The number of carboxylic acids is 1. The van der Waals surface area contributed by atoms with Crippen LogP contribution in [0.1, 0.15) is 24.8 Å². The summed E-state index contributed by atoms with van der Waals surface area (Å²) in [5, 5.41) is 21.2. The SMILES string of the molecule is O=C(O)CCn1nnnc1SC1CCN(C(=O)Oc2ccc(CCOc3ccncc3)cc2)CC1. The van der Waals surface area contributed by atoms with Gasteiger partial charge in [0.15, 0.2) is 0 Å². The van der Waals surface area contributed by atoms with Crippen LogP contribution in [0.3, 0.4) is 0 Å². The highest BCUT2D eigenvalue weighted by atomic mass is 32.2. The van der Waals surface area contributed by atoms with Gasteiger partial charge in [-0.2, -0.15) is 0 Å². The van der Waals surface area contributed by atoms with Crippen LogP contribution in [0.5, 0.6) is 11.5 Å². The molecule has 184 valence electrons. The molecule has 3 aromatic rings. The summed E-state index contributed by atoms with van der Waals surface area (Å²) in [5.74, 6) is 0.389. The van der Waals surface area contributed by atoms with Gasteiger partial charge in [0, 0.05) is 37.2 Å². The Hall–Kier alpha value is -3.67. The zero-order chi connectivity index (χ0) is 24.5.